The van der Waals surface area contributed by atoms with Gasteiger partial charge in [-0.15, -0.1) is 0 Å². The van der Waals surface area contributed by atoms with Gasteiger partial charge in [0.15, 0.2) is 0 Å². The van der Waals surface area contributed by atoms with Crippen LogP contribution in [0.5, 0.6) is 11.5 Å². The number of likely N-dealkylation sites (N-methyl/N-ethyl adjacent to an activating group) is 1. The van der Waals surface area contributed by atoms with Gasteiger partial charge in [0.1, 0.15) is 17.1 Å². The van der Waals surface area contributed by atoms with Crippen LogP contribution >= 0.6 is 0 Å². The second-order valence-electron chi connectivity index (χ2n) is 7.41. The highest BCUT2D eigenvalue weighted by molar-refractivity contribution is 6.01. The average Bonchev–Trinajstić information content (AvgIpc) is 3.20. The van der Waals surface area contributed by atoms with Gasteiger partial charge >= 0.3 is 0 Å². The van der Waals surface area contributed by atoms with Crippen LogP contribution in [0, 0.1) is 6.92 Å². The number of furan rings is 1. The molecule has 0 spiro atoms. The summed E-state index contributed by atoms with van der Waals surface area (Å²) in [6.07, 6.45) is 3.47. The molecule has 5 nitrogen and oxygen atoms in total. The van der Waals surface area contributed by atoms with Crippen molar-refractivity contribution in [3.05, 3.63) is 53.8 Å². The molecule has 1 amide bonds. The zero-order chi connectivity index (χ0) is 22.5. The third kappa shape index (κ3) is 4.46. The van der Waals surface area contributed by atoms with E-state index in [9.17, 15) is 4.79 Å². The number of ether oxygens (including phenoxy) is 2. The van der Waals surface area contributed by atoms with E-state index in [-0.39, 0.29) is 5.91 Å². The van der Waals surface area contributed by atoms with Gasteiger partial charge in [-0.1, -0.05) is 12.1 Å². The van der Waals surface area contributed by atoms with Crippen LogP contribution in [0.4, 0.5) is 0 Å². The van der Waals surface area contributed by atoms with E-state index in [1.807, 2.05) is 58.9 Å². The zero-order valence-corrected chi connectivity index (χ0v) is 19.2. The third-order valence-electron chi connectivity index (χ3n) is 5.55. The Morgan fingerprint density at radius 2 is 1.90 bits per heavy atom. The Bertz CT molecular complexity index is 1110. The van der Waals surface area contributed by atoms with E-state index in [2.05, 4.69) is 6.07 Å². The zero-order valence-electron chi connectivity index (χ0n) is 19.2. The number of nitrogens with zero attached hydrogens (tertiary/aromatic N) is 1. The van der Waals surface area contributed by atoms with E-state index in [0.717, 1.165) is 50.3 Å². The molecule has 1 aromatic heterocycles. The quantitative estimate of drug-likeness (QED) is 0.413. The number of rotatable bonds is 8. The summed E-state index contributed by atoms with van der Waals surface area (Å²) in [6.45, 7) is 11.8. The molecule has 0 aliphatic rings. The van der Waals surface area contributed by atoms with Gasteiger partial charge in [-0.2, -0.15) is 0 Å². The van der Waals surface area contributed by atoms with Crippen molar-refractivity contribution in [2.45, 2.75) is 34.6 Å². The van der Waals surface area contributed by atoms with Crippen molar-refractivity contribution in [2.75, 3.05) is 26.8 Å². The summed E-state index contributed by atoms with van der Waals surface area (Å²) in [5.41, 5.74) is 5.46. The molecule has 0 saturated heterocycles. The normalized spacial score (nSPS) is 11.6. The van der Waals surface area contributed by atoms with Gasteiger partial charge in [-0.05, 0) is 64.0 Å². The Hall–Kier alpha value is -3.21. The average molecular weight is 422 g/mol. The van der Waals surface area contributed by atoms with E-state index in [1.54, 1.807) is 24.3 Å². The molecule has 0 bridgehead atoms. The van der Waals surface area contributed by atoms with Crippen LogP contribution in [0.2, 0.25) is 0 Å². The second kappa shape index (κ2) is 9.73. The molecule has 164 valence electrons. The number of allylic oxidation sites excluding steroid dienone is 1. The summed E-state index contributed by atoms with van der Waals surface area (Å²) in [4.78, 5) is 14.5. The first-order chi connectivity index (χ1) is 14.9. The van der Waals surface area contributed by atoms with E-state index < -0.39 is 0 Å². The summed E-state index contributed by atoms with van der Waals surface area (Å²) in [7, 11) is 1.66. The highest BCUT2D eigenvalue weighted by Crippen LogP contribution is 2.41. The van der Waals surface area contributed by atoms with Crippen molar-refractivity contribution in [1.29, 1.82) is 0 Å². The van der Waals surface area contributed by atoms with Crippen LogP contribution in [0.3, 0.4) is 0 Å². The van der Waals surface area contributed by atoms with Crippen molar-refractivity contribution in [3.63, 3.8) is 0 Å². The molecule has 3 aromatic rings. The number of amides is 1. The first-order valence-corrected chi connectivity index (χ1v) is 10.7. The SMILES string of the molecule is CCOc1c(/C(C)=C/C(=O)N(CC)CC)cc2c(-c3cccc(OC)c3)coc2c1C. The number of methoxy groups -OCH3 is 1. The maximum atomic E-state index is 12.7. The number of carbonyl (C=O) groups excluding carboxylic acids is 1. The molecular formula is C26H31NO4. The van der Waals surface area contributed by atoms with Crippen LogP contribution in [0.25, 0.3) is 27.7 Å². The summed E-state index contributed by atoms with van der Waals surface area (Å²) in [6, 6.07) is 9.96. The van der Waals surface area contributed by atoms with Crippen molar-refractivity contribution in [3.8, 4) is 22.6 Å². The van der Waals surface area contributed by atoms with Gasteiger partial charge in [0.25, 0.3) is 0 Å². The molecule has 0 fully saturated rings. The maximum Gasteiger partial charge on any atom is 0.246 e. The number of fused-ring (bicyclic) bond motifs is 1. The van der Waals surface area contributed by atoms with Gasteiger partial charge in [-0.3, -0.25) is 4.79 Å². The molecule has 2 aromatic carbocycles. The summed E-state index contributed by atoms with van der Waals surface area (Å²) < 4.78 is 17.4. The summed E-state index contributed by atoms with van der Waals surface area (Å²) in [5.74, 6) is 1.54. The fourth-order valence-corrected chi connectivity index (χ4v) is 3.84. The Morgan fingerprint density at radius 3 is 2.55 bits per heavy atom. The minimum Gasteiger partial charge on any atom is -0.497 e. The number of benzene rings is 2. The highest BCUT2D eigenvalue weighted by Gasteiger charge is 2.20. The lowest BCUT2D eigenvalue weighted by Gasteiger charge is -2.18. The minimum atomic E-state index is 0.00270. The molecule has 0 radical (unpaired) electrons. The molecule has 0 unspecified atom stereocenters. The molecular weight excluding hydrogens is 390 g/mol. The molecule has 0 saturated carbocycles. The van der Waals surface area contributed by atoms with E-state index >= 15 is 0 Å². The lowest BCUT2D eigenvalue weighted by molar-refractivity contribution is -0.125. The predicted molar refractivity (Wildman–Crippen MR) is 126 cm³/mol. The topological polar surface area (TPSA) is 51.9 Å². The Morgan fingerprint density at radius 1 is 1.16 bits per heavy atom. The van der Waals surface area contributed by atoms with Gasteiger partial charge < -0.3 is 18.8 Å². The van der Waals surface area contributed by atoms with Crippen LogP contribution in [0.1, 0.15) is 38.8 Å². The van der Waals surface area contributed by atoms with E-state index in [0.29, 0.717) is 19.7 Å². The highest BCUT2D eigenvalue weighted by atomic mass is 16.5. The second-order valence-corrected chi connectivity index (χ2v) is 7.41. The smallest absolute Gasteiger partial charge is 0.246 e. The number of hydrogen-bond donors (Lipinski definition) is 0. The predicted octanol–water partition coefficient (Wildman–Crippen LogP) is 6.09. The largest absolute Gasteiger partial charge is 0.497 e. The van der Waals surface area contributed by atoms with Crippen LogP contribution < -0.4 is 9.47 Å². The molecule has 0 N–H and O–H groups in total. The first-order valence-electron chi connectivity index (χ1n) is 10.7. The van der Waals surface area contributed by atoms with Gasteiger partial charge in [0.2, 0.25) is 5.91 Å². The van der Waals surface area contributed by atoms with Gasteiger partial charge in [-0.25, -0.2) is 0 Å². The Kier molecular flexibility index (Phi) is 7.06. The molecule has 31 heavy (non-hydrogen) atoms. The third-order valence-corrected chi connectivity index (χ3v) is 5.55. The summed E-state index contributed by atoms with van der Waals surface area (Å²) >= 11 is 0. The fourth-order valence-electron chi connectivity index (χ4n) is 3.84. The lowest BCUT2D eigenvalue weighted by Crippen LogP contribution is -2.28. The van der Waals surface area contributed by atoms with Crippen LogP contribution in [0.15, 0.2) is 47.1 Å². The molecule has 0 aliphatic heterocycles. The van der Waals surface area contributed by atoms with Crippen molar-refractivity contribution < 1.29 is 18.7 Å². The maximum absolute atomic E-state index is 12.7. The molecule has 0 atom stereocenters. The first kappa shape index (κ1) is 22.5. The Labute approximate surface area is 184 Å². The van der Waals surface area contributed by atoms with Crippen molar-refractivity contribution >= 4 is 22.4 Å². The number of carbonyl (C=O) groups is 1. The van der Waals surface area contributed by atoms with E-state index in [1.165, 1.54) is 0 Å². The van der Waals surface area contributed by atoms with Gasteiger partial charge in [0.05, 0.1) is 20.0 Å². The number of aryl methyl sites for hydroxylation is 1. The van der Waals surface area contributed by atoms with Crippen LogP contribution in [-0.2, 0) is 4.79 Å². The lowest BCUT2D eigenvalue weighted by atomic mass is 9.96. The molecule has 0 aliphatic carbocycles. The number of hydrogen-bond acceptors (Lipinski definition) is 4. The summed E-state index contributed by atoms with van der Waals surface area (Å²) in [5, 5.41) is 0.979. The van der Waals surface area contributed by atoms with Gasteiger partial charge in [0, 0.05) is 41.2 Å². The molecule has 3 rings (SSSR count). The monoisotopic (exact) mass is 421 g/mol. The molecule has 5 heteroatoms. The van der Waals surface area contributed by atoms with Crippen molar-refractivity contribution in [2.24, 2.45) is 0 Å². The standard InChI is InChI=1S/C26H31NO4/c1-7-27(8-2)24(28)13-17(4)21-15-22-23(19-11-10-12-20(14-19)29-6)16-31-26(22)18(5)25(21)30-9-3/h10-16H,7-9H2,1-6H3/b17-13+. The van der Waals surface area contributed by atoms with Crippen LogP contribution in [-0.4, -0.2) is 37.6 Å². The van der Waals surface area contributed by atoms with Crippen molar-refractivity contribution in [1.82, 2.24) is 4.90 Å². The van der Waals surface area contributed by atoms with E-state index in [4.69, 9.17) is 13.9 Å². The fraction of sp³-hybridized carbons (Fsp3) is 0.346. The minimum absolute atomic E-state index is 0.00270. The molecule has 1 heterocycles. The Balaban J connectivity index is 2.20.